The predicted octanol–water partition coefficient (Wildman–Crippen LogP) is 2.24. The van der Waals surface area contributed by atoms with Crippen LogP contribution >= 0.6 is 11.3 Å². The average Bonchev–Trinajstić information content (AvgIpc) is 3.12. The fourth-order valence-corrected chi connectivity index (χ4v) is 4.13. The number of amides is 2. The van der Waals surface area contributed by atoms with E-state index in [4.69, 9.17) is 0 Å². The Labute approximate surface area is 121 Å². The van der Waals surface area contributed by atoms with Gasteiger partial charge in [0.25, 0.3) is 0 Å². The first-order valence-electron chi connectivity index (χ1n) is 6.85. The third-order valence-corrected chi connectivity index (χ3v) is 5.13. The van der Waals surface area contributed by atoms with E-state index in [2.05, 4.69) is 0 Å². The van der Waals surface area contributed by atoms with Crippen LogP contribution in [-0.2, 0) is 11.3 Å². The molecule has 3 rings (SSSR count). The average molecular weight is 294 g/mol. The maximum Gasteiger partial charge on any atom is 0.320 e. The van der Waals surface area contributed by atoms with E-state index in [1.54, 1.807) is 23.3 Å². The van der Waals surface area contributed by atoms with Gasteiger partial charge in [-0.15, -0.1) is 0 Å². The molecule has 1 N–H and O–H groups in total. The topological polar surface area (TPSA) is 60.9 Å². The van der Waals surface area contributed by atoms with Crippen molar-refractivity contribution in [2.24, 2.45) is 5.92 Å². The highest BCUT2D eigenvalue weighted by Gasteiger charge is 2.51. The summed E-state index contributed by atoms with van der Waals surface area (Å²) in [6, 6.07) is 1.97. The predicted molar refractivity (Wildman–Crippen MR) is 75.6 cm³/mol. The van der Waals surface area contributed by atoms with E-state index in [0.29, 0.717) is 13.0 Å². The molecule has 0 saturated carbocycles. The zero-order valence-corrected chi connectivity index (χ0v) is 12.2. The maximum atomic E-state index is 12.6. The number of carboxylic acid groups (broad SMARTS) is 1. The lowest BCUT2D eigenvalue weighted by atomic mass is 9.89. The smallest absolute Gasteiger partial charge is 0.320 e. The Balaban J connectivity index is 1.70. The number of urea groups is 1. The van der Waals surface area contributed by atoms with Gasteiger partial charge in [-0.05, 0) is 41.7 Å². The zero-order chi connectivity index (χ0) is 14.3. The Kier molecular flexibility index (Phi) is 3.41. The molecule has 0 aromatic carbocycles. The van der Waals surface area contributed by atoms with E-state index in [1.807, 2.05) is 21.7 Å². The molecule has 3 atom stereocenters. The van der Waals surface area contributed by atoms with E-state index in [0.717, 1.165) is 18.4 Å². The first-order chi connectivity index (χ1) is 9.58. The van der Waals surface area contributed by atoms with E-state index in [9.17, 15) is 14.7 Å². The molecule has 1 aromatic heterocycles. The quantitative estimate of drug-likeness (QED) is 0.930. The summed E-state index contributed by atoms with van der Waals surface area (Å²) in [5, 5.41) is 13.3. The summed E-state index contributed by atoms with van der Waals surface area (Å²) in [5.41, 5.74) is 1.12. The van der Waals surface area contributed by atoms with Crippen LogP contribution in [0, 0.1) is 5.92 Å². The second-order valence-electron chi connectivity index (χ2n) is 5.66. The number of rotatable bonds is 3. The van der Waals surface area contributed by atoms with Crippen LogP contribution in [0.5, 0.6) is 0 Å². The summed E-state index contributed by atoms with van der Waals surface area (Å²) in [5.74, 6) is -1.15. The molecule has 0 radical (unpaired) electrons. The Hall–Kier alpha value is -1.56. The minimum absolute atomic E-state index is 0.0348. The molecule has 2 saturated heterocycles. The minimum atomic E-state index is -0.768. The van der Waals surface area contributed by atoms with Crippen LogP contribution in [0.3, 0.4) is 0 Å². The lowest BCUT2D eigenvalue weighted by Crippen LogP contribution is -2.44. The fraction of sp³-hybridized carbons (Fsp3) is 0.571. The normalized spacial score (nSPS) is 27.9. The summed E-state index contributed by atoms with van der Waals surface area (Å²) < 4.78 is 0. The maximum absolute atomic E-state index is 12.6. The van der Waals surface area contributed by atoms with Gasteiger partial charge in [-0.1, -0.05) is 0 Å². The molecule has 0 aliphatic carbocycles. The summed E-state index contributed by atoms with van der Waals surface area (Å²) in [7, 11) is 1.79. The molecule has 2 amide bonds. The van der Waals surface area contributed by atoms with Crippen molar-refractivity contribution in [2.75, 3.05) is 7.05 Å². The SMILES string of the molecule is CN(Cc1ccsc1)C(=O)N1C2CCC1C(C(=O)O)C2. The monoisotopic (exact) mass is 294 g/mol. The van der Waals surface area contributed by atoms with Gasteiger partial charge in [0, 0.05) is 25.7 Å². The second-order valence-corrected chi connectivity index (χ2v) is 6.44. The molecular formula is C14H18N2O3S. The molecule has 1 aromatic rings. The van der Waals surface area contributed by atoms with Gasteiger partial charge in [0.2, 0.25) is 0 Å². The molecule has 108 valence electrons. The molecule has 5 nitrogen and oxygen atoms in total. The molecule has 2 bridgehead atoms. The van der Waals surface area contributed by atoms with Gasteiger partial charge >= 0.3 is 12.0 Å². The van der Waals surface area contributed by atoms with Gasteiger partial charge < -0.3 is 14.9 Å². The molecule has 20 heavy (non-hydrogen) atoms. The van der Waals surface area contributed by atoms with Crippen LogP contribution in [0.15, 0.2) is 16.8 Å². The summed E-state index contributed by atoms with van der Waals surface area (Å²) in [6.45, 7) is 0.579. The van der Waals surface area contributed by atoms with Gasteiger partial charge in [0.1, 0.15) is 0 Å². The highest BCUT2D eigenvalue weighted by Crippen LogP contribution is 2.42. The number of thiophene rings is 1. The highest BCUT2D eigenvalue weighted by molar-refractivity contribution is 7.07. The van der Waals surface area contributed by atoms with E-state index >= 15 is 0 Å². The number of hydrogen-bond donors (Lipinski definition) is 1. The Bertz CT molecular complexity index is 516. The van der Waals surface area contributed by atoms with Gasteiger partial charge in [0.15, 0.2) is 0 Å². The molecule has 0 spiro atoms. The molecule has 2 aliphatic heterocycles. The van der Waals surface area contributed by atoms with E-state index < -0.39 is 5.97 Å². The van der Waals surface area contributed by atoms with Gasteiger partial charge in [0.05, 0.1) is 5.92 Å². The summed E-state index contributed by atoms with van der Waals surface area (Å²) in [4.78, 5) is 27.3. The van der Waals surface area contributed by atoms with E-state index in [1.165, 1.54) is 0 Å². The minimum Gasteiger partial charge on any atom is -0.481 e. The zero-order valence-electron chi connectivity index (χ0n) is 11.4. The van der Waals surface area contributed by atoms with Gasteiger partial charge in [-0.3, -0.25) is 4.79 Å². The van der Waals surface area contributed by atoms with Crippen LogP contribution in [0.1, 0.15) is 24.8 Å². The number of aliphatic carboxylic acids is 1. The lowest BCUT2D eigenvalue weighted by molar-refractivity contribution is -0.142. The number of carbonyl (C=O) groups is 2. The molecule has 2 fully saturated rings. The van der Waals surface area contributed by atoms with E-state index in [-0.39, 0.29) is 24.0 Å². The first-order valence-corrected chi connectivity index (χ1v) is 7.79. The number of fused-ring (bicyclic) bond motifs is 2. The van der Waals surface area contributed by atoms with Crippen LogP contribution < -0.4 is 0 Å². The van der Waals surface area contributed by atoms with Crippen molar-refractivity contribution in [1.82, 2.24) is 9.80 Å². The standard InChI is InChI=1S/C14H18N2O3S/c1-15(7-9-4-5-20-8-9)14(19)16-10-2-3-12(16)11(6-10)13(17)18/h4-5,8,10-12H,2-3,6-7H2,1H3,(H,17,18). The second kappa shape index (κ2) is 5.09. The third-order valence-electron chi connectivity index (χ3n) is 4.40. The molecule has 2 aliphatic rings. The van der Waals surface area contributed by atoms with Crippen molar-refractivity contribution in [3.8, 4) is 0 Å². The van der Waals surface area contributed by atoms with Crippen molar-refractivity contribution in [3.05, 3.63) is 22.4 Å². The van der Waals surface area contributed by atoms with Crippen LogP contribution in [0.4, 0.5) is 4.79 Å². The van der Waals surface area contributed by atoms with Crippen molar-refractivity contribution >= 4 is 23.3 Å². The van der Waals surface area contributed by atoms with Crippen LogP contribution in [0.25, 0.3) is 0 Å². The van der Waals surface area contributed by atoms with Crippen molar-refractivity contribution < 1.29 is 14.7 Å². The molecule has 3 heterocycles. The van der Waals surface area contributed by atoms with Crippen LogP contribution in [0.2, 0.25) is 0 Å². The fourth-order valence-electron chi connectivity index (χ4n) is 3.47. The van der Waals surface area contributed by atoms with Gasteiger partial charge in [-0.25, -0.2) is 4.79 Å². The molecule has 3 unspecified atom stereocenters. The highest BCUT2D eigenvalue weighted by atomic mass is 32.1. The Morgan fingerprint density at radius 2 is 2.30 bits per heavy atom. The van der Waals surface area contributed by atoms with Crippen molar-refractivity contribution in [3.63, 3.8) is 0 Å². The van der Waals surface area contributed by atoms with Gasteiger partial charge in [-0.2, -0.15) is 11.3 Å². The Morgan fingerprint density at radius 3 is 2.90 bits per heavy atom. The number of hydrogen-bond acceptors (Lipinski definition) is 3. The number of nitrogens with zero attached hydrogens (tertiary/aromatic N) is 2. The number of carbonyl (C=O) groups excluding carboxylic acids is 1. The largest absolute Gasteiger partial charge is 0.481 e. The number of carboxylic acids is 1. The third kappa shape index (κ3) is 2.18. The summed E-state index contributed by atoms with van der Waals surface area (Å²) in [6.07, 6.45) is 2.37. The summed E-state index contributed by atoms with van der Waals surface area (Å²) >= 11 is 1.61. The Morgan fingerprint density at radius 1 is 1.50 bits per heavy atom. The first kappa shape index (κ1) is 13.4. The lowest BCUT2D eigenvalue weighted by Gasteiger charge is -2.28. The van der Waals surface area contributed by atoms with Crippen molar-refractivity contribution in [1.29, 1.82) is 0 Å². The van der Waals surface area contributed by atoms with Crippen LogP contribution in [-0.4, -0.2) is 46.0 Å². The molecule has 6 heteroatoms. The van der Waals surface area contributed by atoms with Crippen molar-refractivity contribution in [2.45, 2.75) is 37.9 Å². The molecular weight excluding hydrogens is 276 g/mol.